The zero-order valence-corrected chi connectivity index (χ0v) is 39.2. The van der Waals surface area contributed by atoms with Crippen LogP contribution in [0.5, 0.6) is 0 Å². The number of allylic oxidation sites excluding steroid dienone is 4. The Morgan fingerprint density at radius 3 is 1.81 bits per heavy atom. The largest absolute Gasteiger partial charge is 0.462 e. The van der Waals surface area contributed by atoms with Gasteiger partial charge in [-0.15, -0.1) is 0 Å². The monoisotopic (exact) mass is 753 g/mol. The minimum atomic E-state index is -1.54. The highest BCUT2D eigenvalue weighted by atomic mass is 16.7. The lowest BCUT2D eigenvalue weighted by Gasteiger charge is -2.49. The first kappa shape index (κ1) is 58.0. The fraction of sp³-hybridized carbons (Fsp3) is 0.809. The number of fused-ring (bicyclic) bond motifs is 3. The van der Waals surface area contributed by atoms with Gasteiger partial charge in [-0.1, -0.05) is 166 Å². The van der Waals surface area contributed by atoms with Crippen molar-refractivity contribution in [2.75, 3.05) is 7.11 Å². The maximum Gasteiger partial charge on any atom is 0.316 e. The van der Waals surface area contributed by atoms with Crippen molar-refractivity contribution in [3.05, 3.63) is 47.6 Å². The molecule has 0 aromatic rings. The highest BCUT2D eigenvalue weighted by molar-refractivity contribution is 5.77. The van der Waals surface area contributed by atoms with Crippen LogP contribution in [0.4, 0.5) is 0 Å². The molecule has 4 aliphatic rings. The number of ether oxygens (including phenoxy) is 4. The quantitative estimate of drug-likeness (QED) is 0.212. The zero-order chi connectivity index (χ0) is 42.5. The van der Waals surface area contributed by atoms with Crippen molar-refractivity contribution in [3.63, 3.8) is 0 Å². The van der Waals surface area contributed by atoms with E-state index < -0.39 is 29.4 Å². The second-order valence-electron chi connectivity index (χ2n) is 12.8. The van der Waals surface area contributed by atoms with Gasteiger partial charge in [0.05, 0.1) is 18.3 Å². The van der Waals surface area contributed by atoms with E-state index >= 15 is 0 Å². The molecule has 1 spiro atoms. The maximum atomic E-state index is 13.9. The van der Waals surface area contributed by atoms with Crippen LogP contribution in [0.3, 0.4) is 0 Å². The molecule has 0 amide bonds. The van der Waals surface area contributed by atoms with E-state index in [2.05, 4.69) is 46.8 Å². The lowest BCUT2D eigenvalue weighted by molar-refractivity contribution is -0.332. The standard InChI is InChI=1S/C33H50O6.7C2H6/c1-20-11-9-10-15-33(35)29(17-23(4)25(6)30(33)36-8)31(34)37-28-18-27(13-12-21(2)24(20)5)39-32(19-28)16-14-22(3)26(7)38-32;7*1-2/h9-12,15,17,20,22,24-30,35H,13-14,16,18-19H2,1-8H3;7*1-2H3/b11-9+,15-10+,21-12+;;;;;;;. The van der Waals surface area contributed by atoms with E-state index in [4.69, 9.17) is 18.9 Å². The second kappa shape index (κ2) is 32.5. The lowest BCUT2D eigenvalue weighted by Crippen LogP contribution is -2.57. The molecule has 0 radical (unpaired) electrons. The predicted molar refractivity (Wildman–Crippen MR) is 232 cm³/mol. The van der Waals surface area contributed by atoms with Gasteiger partial charge in [0, 0.05) is 32.3 Å². The van der Waals surface area contributed by atoms with E-state index in [0.29, 0.717) is 30.6 Å². The smallest absolute Gasteiger partial charge is 0.316 e. The molecule has 11 unspecified atom stereocenters. The van der Waals surface area contributed by atoms with E-state index in [1.165, 1.54) is 5.57 Å². The van der Waals surface area contributed by atoms with Crippen LogP contribution in [-0.4, -0.2) is 54.0 Å². The average Bonchev–Trinajstić information content (AvgIpc) is 3.20. The fourth-order valence-electron chi connectivity index (χ4n) is 6.77. The van der Waals surface area contributed by atoms with Crippen molar-refractivity contribution in [2.45, 2.75) is 213 Å². The van der Waals surface area contributed by atoms with E-state index in [1.807, 2.05) is 129 Å². The Morgan fingerprint density at radius 1 is 0.755 bits per heavy atom. The molecule has 11 atom stereocenters. The summed E-state index contributed by atoms with van der Waals surface area (Å²) in [6.07, 6.45) is 14.5. The summed E-state index contributed by atoms with van der Waals surface area (Å²) < 4.78 is 25.3. The Kier molecular flexibility index (Phi) is 35.6. The number of carbonyl (C=O) groups excluding carboxylic acids is 1. The molecule has 0 aromatic carbocycles. The zero-order valence-electron chi connectivity index (χ0n) is 39.2. The van der Waals surface area contributed by atoms with Crippen molar-refractivity contribution in [1.82, 2.24) is 0 Å². The lowest BCUT2D eigenvalue weighted by atomic mass is 9.70. The summed E-state index contributed by atoms with van der Waals surface area (Å²) in [4.78, 5) is 13.9. The first-order chi connectivity index (χ1) is 25.4. The highest BCUT2D eigenvalue weighted by Crippen LogP contribution is 2.44. The molecule has 4 rings (SSSR count). The molecule has 2 bridgehead atoms. The first-order valence-corrected chi connectivity index (χ1v) is 21.9. The van der Waals surface area contributed by atoms with E-state index in [1.54, 1.807) is 13.2 Å². The molecule has 6 nitrogen and oxygen atoms in total. The SMILES string of the molecule is CC.CC.CC.CC.CC.CC.CC.COC1C(C)C(C)=CC2C(=O)OC3CC(C/C=C(\C)C(C)C(C)/C=C/C=C/C21O)OC1(CCC(C)C(C)O1)C3. The van der Waals surface area contributed by atoms with E-state index in [0.717, 1.165) is 24.8 Å². The topological polar surface area (TPSA) is 74.2 Å². The highest BCUT2D eigenvalue weighted by Gasteiger charge is 2.53. The number of rotatable bonds is 1. The predicted octanol–water partition coefficient (Wildman–Crippen LogP) is 13.5. The van der Waals surface area contributed by atoms with Crippen molar-refractivity contribution in [3.8, 4) is 0 Å². The molecular weight excluding hydrogens is 661 g/mol. The molecule has 3 heterocycles. The Hall–Kier alpha value is -1.73. The molecule has 0 aromatic heterocycles. The molecule has 53 heavy (non-hydrogen) atoms. The van der Waals surface area contributed by atoms with Crippen LogP contribution in [0, 0.1) is 29.6 Å². The molecule has 1 aliphatic carbocycles. The third-order valence-corrected chi connectivity index (χ3v) is 10.1. The minimum Gasteiger partial charge on any atom is -0.462 e. The minimum absolute atomic E-state index is 0.0511. The summed E-state index contributed by atoms with van der Waals surface area (Å²) >= 11 is 0. The van der Waals surface area contributed by atoms with Gasteiger partial charge in [0.25, 0.3) is 0 Å². The van der Waals surface area contributed by atoms with Gasteiger partial charge >= 0.3 is 5.97 Å². The van der Waals surface area contributed by atoms with Crippen LogP contribution >= 0.6 is 0 Å². The summed E-state index contributed by atoms with van der Waals surface area (Å²) in [7, 11) is 1.59. The van der Waals surface area contributed by atoms with Crippen molar-refractivity contribution < 1.29 is 28.8 Å². The van der Waals surface area contributed by atoms with Crippen LogP contribution in [0.1, 0.15) is 178 Å². The molecule has 1 N–H and O–H groups in total. The number of hydrogen-bond donors (Lipinski definition) is 1. The Balaban J connectivity index is -0.000000769. The number of aliphatic hydroxyl groups is 1. The van der Waals surface area contributed by atoms with Gasteiger partial charge in [0.2, 0.25) is 0 Å². The molecule has 316 valence electrons. The number of hydrogen-bond acceptors (Lipinski definition) is 6. The van der Waals surface area contributed by atoms with Crippen LogP contribution < -0.4 is 0 Å². The molecular formula is C47H92O6. The summed E-state index contributed by atoms with van der Waals surface area (Å²) in [5, 5.41) is 12.1. The molecule has 2 fully saturated rings. The van der Waals surface area contributed by atoms with Gasteiger partial charge in [-0.3, -0.25) is 4.79 Å². The molecule has 6 heteroatoms. The number of carbonyl (C=O) groups is 1. The van der Waals surface area contributed by atoms with Gasteiger partial charge in [0.1, 0.15) is 17.6 Å². The summed E-state index contributed by atoms with van der Waals surface area (Å²) in [5.41, 5.74) is 0.783. The summed E-state index contributed by atoms with van der Waals surface area (Å²) in [6.45, 7) is 43.0. The van der Waals surface area contributed by atoms with Crippen LogP contribution in [0.15, 0.2) is 47.6 Å². The third-order valence-electron chi connectivity index (χ3n) is 10.1. The molecule has 2 saturated heterocycles. The second-order valence-corrected chi connectivity index (χ2v) is 12.8. The average molecular weight is 753 g/mol. The molecule has 0 saturated carbocycles. The maximum absolute atomic E-state index is 13.9. The first-order valence-electron chi connectivity index (χ1n) is 21.9. The van der Waals surface area contributed by atoms with Crippen molar-refractivity contribution in [2.24, 2.45) is 29.6 Å². The van der Waals surface area contributed by atoms with Gasteiger partial charge in [0.15, 0.2) is 5.79 Å². The fourth-order valence-corrected chi connectivity index (χ4v) is 6.77. The number of methoxy groups -OCH3 is 1. The van der Waals surface area contributed by atoms with Gasteiger partial charge in [-0.05, 0) is 57.4 Å². The van der Waals surface area contributed by atoms with E-state index in [-0.39, 0.29) is 24.2 Å². The third kappa shape index (κ3) is 17.3. The van der Waals surface area contributed by atoms with Crippen LogP contribution in [0.25, 0.3) is 0 Å². The molecule has 3 aliphatic heterocycles. The summed E-state index contributed by atoms with van der Waals surface area (Å²) in [6, 6.07) is 0. The Bertz CT molecular complexity index is 1010. The summed E-state index contributed by atoms with van der Waals surface area (Å²) in [5.74, 6) is -1.01. The van der Waals surface area contributed by atoms with Gasteiger partial charge in [-0.2, -0.15) is 0 Å². The van der Waals surface area contributed by atoms with Gasteiger partial charge in [-0.25, -0.2) is 0 Å². The Morgan fingerprint density at radius 2 is 1.30 bits per heavy atom. The van der Waals surface area contributed by atoms with Crippen molar-refractivity contribution >= 4 is 5.97 Å². The van der Waals surface area contributed by atoms with Crippen LogP contribution in [-0.2, 0) is 23.7 Å². The number of esters is 1. The van der Waals surface area contributed by atoms with Gasteiger partial charge < -0.3 is 24.1 Å². The van der Waals surface area contributed by atoms with Crippen LogP contribution in [0.2, 0.25) is 0 Å². The Labute approximate surface area is 331 Å². The normalized spacial score (nSPS) is 36.7. The van der Waals surface area contributed by atoms with E-state index in [9.17, 15) is 9.90 Å². The van der Waals surface area contributed by atoms with Crippen molar-refractivity contribution in [1.29, 1.82) is 0 Å².